The molecule has 12 heteroatoms. The van der Waals surface area contributed by atoms with Gasteiger partial charge in [-0.15, -0.1) is 12.4 Å². The molecule has 0 spiro atoms. The van der Waals surface area contributed by atoms with Crippen molar-refractivity contribution in [3.63, 3.8) is 0 Å². The average Bonchev–Trinajstić information content (AvgIpc) is 3.34. The van der Waals surface area contributed by atoms with Gasteiger partial charge in [-0.2, -0.15) is 26.3 Å². The second-order valence-corrected chi connectivity index (χ2v) is 10.5. The number of ketones is 1. The number of H-pyrrole nitrogens is 1. The number of Topliss-reactive ketones (excluding diaryl/α,β-unsaturated/α-hetero) is 1. The number of rotatable bonds is 6. The number of nitrogens with one attached hydrogen (secondary N) is 1. The fraction of sp³-hybridized carbons (Fsp3) is 0.290. The van der Waals surface area contributed by atoms with Gasteiger partial charge in [0.15, 0.2) is 5.78 Å². The summed E-state index contributed by atoms with van der Waals surface area (Å²) < 4.78 is 81.2. The quantitative estimate of drug-likeness (QED) is 0.180. The Bertz CT molecular complexity index is 1580. The molecular formula is C31H28ClF6N3O2. The van der Waals surface area contributed by atoms with Gasteiger partial charge in [0.2, 0.25) is 0 Å². The highest BCUT2D eigenvalue weighted by Gasteiger charge is 2.39. The van der Waals surface area contributed by atoms with Crippen LogP contribution in [0.4, 0.5) is 26.3 Å². The van der Waals surface area contributed by atoms with Crippen molar-refractivity contribution in [3.8, 4) is 0 Å². The van der Waals surface area contributed by atoms with Crippen LogP contribution in [0.3, 0.4) is 0 Å². The van der Waals surface area contributed by atoms with Gasteiger partial charge in [-0.25, -0.2) is 0 Å². The molecule has 1 aromatic heterocycles. The lowest BCUT2D eigenvalue weighted by atomic mass is 9.98. The number of aromatic nitrogens is 1. The molecule has 1 aliphatic heterocycles. The lowest BCUT2D eigenvalue weighted by molar-refractivity contribution is -0.143. The molecule has 5 nitrogen and oxygen atoms in total. The third-order valence-electron chi connectivity index (χ3n) is 7.56. The highest BCUT2D eigenvalue weighted by Crippen LogP contribution is 2.37. The van der Waals surface area contributed by atoms with Crippen molar-refractivity contribution in [1.29, 1.82) is 0 Å². The number of para-hydroxylation sites is 1. The maximum atomic E-state index is 13.7. The van der Waals surface area contributed by atoms with E-state index in [0.29, 0.717) is 43.8 Å². The van der Waals surface area contributed by atoms with Crippen LogP contribution >= 0.6 is 12.4 Å². The smallest absolute Gasteiger partial charge is 0.361 e. The fourth-order valence-corrected chi connectivity index (χ4v) is 5.41. The number of fused-ring (bicyclic) bond motifs is 1. The molecule has 1 amide bonds. The fourth-order valence-electron chi connectivity index (χ4n) is 5.41. The average molecular weight is 624 g/mol. The number of aromatic amines is 1. The summed E-state index contributed by atoms with van der Waals surface area (Å²) in [6.07, 6.45) is -7.98. The zero-order valence-electron chi connectivity index (χ0n) is 22.9. The molecule has 1 atom stereocenters. The zero-order chi connectivity index (χ0) is 30.2. The number of carbonyl (C=O) groups is 2. The summed E-state index contributed by atoms with van der Waals surface area (Å²) in [4.78, 5) is 31.9. The van der Waals surface area contributed by atoms with E-state index in [1.54, 1.807) is 18.3 Å². The van der Waals surface area contributed by atoms with Crippen molar-refractivity contribution in [2.24, 2.45) is 0 Å². The van der Waals surface area contributed by atoms with E-state index in [1.165, 1.54) is 11.8 Å². The van der Waals surface area contributed by atoms with E-state index >= 15 is 0 Å². The van der Waals surface area contributed by atoms with E-state index in [2.05, 4.69) is 9.88 Å². The number of carbonyl (C=O) groups excluding carboxylic acids is 2. The lowest BCUT2D eigenvalue weighted by Crippen LogP contribution is -2.55. The van der Waals surface area contributed by atoms with E-state index in [-0.39, 0.29) is 30.8 Å². The number of hydrogen-bond acceptors (Lipinski definition) is 3. The summed E-state index contributed by atoms with van der Waals surface area (Å²) >= 11 is 0. The van der Waals surface area contributed by atoms with E-state index in [0.717, 1.165) is 22.0 Å². The second-order valence-electron chi connectivity index (χ2n) is 10.5. The summed E-state index contributed by atoms with van der Waals surface area (Å²) in [5.74, 6) is -0.947. The van der Waals surface area contributed by atoms with E-state index < -0.39 is 41.0 Å². The Morgan fingerprint density at radius 3 is 2.09 bits per heavy atom. The molecule has 0 unspecified atom stereocenters. The van der Waals surface area contributed by atoms with Crippen LogP contribution in [0.1, 0.15) is 49.9 Å². The Balaban J connectivity index is 0.00000423. The molecule has 43 heavy (non-hydrogen) atoms. The Hall–Kier alpha value is -3.83. The Kier molecular flexibility index (Phi) is 9.27. The molecule has 5 rings (SSSR count). The number of hydrogen-bond donors (Lipinski definition) is 1. The van der Waals surface area contributed by atoms with Gasteiger partial charge >= 0.3 is 12.4 Å². The molecule has 228 valence electrons. The van der Waals surface area contributed by atoms with Crippen LogP contribution < -0.4 is 0 Å². The normalized spacial score (nSPS) is 16.3. The van der Waals surface area contributed by atoms with Crippen LogP contribution in [-0.4, -0.2) is 52.2 Å². The molecule has 2 heterocycles. The predicted octanol–water partition coefficient (Wildman–Crippen LogP) is 7.40. The number of piperazine rings is 1. The first-order valence-corrected chi connectivity index (χ1v) is 13.3. The van der Waals surface area contributed by atoms with Crippen LogP contribution in [0.2, 0.25) is 0 Å². The first-order valence-electron chi connectivity index (χ1n) is 13.3. The summed E-state index contributed by atoms with van der Waals surface area (Å²) in [6.45, 7) is 2.77. The SMILES string of the molecule is CC(=O)c1ccc(CN2CCN(C(=O)c3cc(C(F)(F)F)cc(C(F)(F)F)c3)[C@H](Cc3c[nH]c4ccccc34)C2)cc1.Cl. The lowest BCUT2D eigenvalue weighted by Gasteiger charge is -2.42. The maximum Gasteiger partial charge on any atom is 0.416 e. The zero-order valence-corrected chi connectivity index (χ0v) is 23.7. The van der Waals surface area contributed by atoms with Crippen molar-refractivity contribution < 1.29 is 35.9 Å². The van der Waals surface area contributed by atoms with Crippen molar-refractivity contribution in [2.75, 3.05) is 19.6 Å². The molecule has 1 fully saturated rings. The molecule has 1 aliphatic rings. The topological polar surface area (TPSA) is 56.4 Å². The second kappa shape index (κ2) is 12.4. The van der Waals surface area contributed by atoms with Crippen LogP contribution in [0.5, 0.6) is 0 Å². The first kappa shape index (κ1) is 32.1. The van der Waals surface area contributed by atoms with Gasteiger partial charge in [0.05, 0.1) is 11.1 Å². The number of alkyl halides is 6. The minimum Gasteiger partial charge on any atom is -0.361 e. The van der Waals surface area contributed by atoms with Gasteiger partial charge < -0.3 is 9.88 Å². The molecule has 0 radical (unpaired) electrons. The van der Waals surface area contributed by atoms with Crippen molar-refractivity contribution >= 4 is 35.0 Å². The van der Waals surface area contributed by atoms with Crippen molar-refractivity contribution in [3.05, 3.63) is 106 Å². The summed E-state index contributed by atoms with van der Waals surface area (Å²) in [7, 11) is 0. The predicted molar refractivity (Wildman–Crippen MR) is 152 cm³/mol. The van der Waals surface area contributed by atoms with Gasteiger partial charge in [-0.05, 0) is 48.7 Å². The van der Waals surface area contributed by atoms with Gasteiger partial charge in [0, 0.05) is 60.4 Å². The molecule has 0 aliphatic carbocycles. The van der Waals surface area contributed by atoms with Crippen LogP contribution in [-0.2, 0) is 25.3 Å². The Labute approximate surface area is 249 Å². The van der Waals surface area contributed by atoms with Crippen molar-refractivity contribution in [2.45, 2.75) is 38.3 Å². The summed E-state index contributed by atoms with van der Waals surface area (Å²) in [5, 5.41) is 0.917. The third-order valence-corrected chi connectivity index (χ3v) is 7.56. The molecule has 0 bridgehead atoms. The first-order chi connectivity index (χ1) is 19.8. The summed E-state index contributed by atoms with van der Waals surface area (Å²) in [6, 6.07) is 15.1. The maximum absolute atomic E-state index is 13.7. The molecular weight excluding hydrogens is 596 g/mol. The van der Waals surface area contributed by atoms with E-state index in [1.807, 2.05) is 36.4 Å². The van der Waals surface area contributed by atoms with Gasteiger partial charge in [-0.1, -0.05) is 42.5 Å². The highest BCUT2D eigenvalue weighted by atomic mass is 35.5. The molecule has 1 saturated heterocycles. The minimum absolute atomic E-state index is 0. The molecule has 4 aromatic rings. The van der Waals surface area contributed by atoms with Gasteiger partial charge in [0.25, 0.3) is 5.91 Å². The van der Waals surface area contributed by atoms with E-state index in [4.69, 9.17) is 0 Å². The van der Waals surface area contributed by atoms with E-state index in [9.17, 15) is 35.9 Å². The number of amides is 1. The van der Waals surface area contributed by atoms with Crippen molar-refractivity contribution in [1.82, 2.24) is 14.8 Å². The Morgan fingerprint density at radius 2 is 1.49 bits per heavy atom. The molecule has 0 saturated carbocycles. The van der Waals surface area contributed by atoms with Gasteiger partial charge in [-0.3, -0.25) is 14.5 Å². The summed E-state index contributed by atoms with van der Waals surface area (Å²) in [5.41, 5.74) is -0.460. The number of benzene rings is 3. The van der Waals surface area contributed by atoms with Crippen LogP contribution in [0.25, 0.3) is 10.9 Å². The highest BCUT2D eigenvalue weighted by molar-refractivity contribution is 5.95. The number of nitrogens with zero attached hydrogens (tertiary/aromatic N) is 2. The number of halogens is 7. The third kappa shape index (κ3) is 7.22. The van der Waals surface area contributed by atoms with Crippen LogP contribution in [0.15, 0.2) is 72.9 Å². The monoisotopic (exact) mass is 623 g/mol. The standard InChI is InChI=1S/C31H27F6N3O2.ClH/c1-19(41)21-8-6-20(7-9-21)17-39-10-11-40(26(18-39)14-23-16-38-28-5-3-2-4-27(23)28)29(42)22-12-24(30(32,33)34)15-25(13-22)31(35,36)37;/h2-9,12-13,15-16,26,38H,10-11,14,17-18H2,1H3;1H/t26-;/m1./s1. The van der Waals surface area contributed by atoms with Crippen LogP contribution in [0, 0.1) is 0 Å². The molecule has 1 N–H and O–H groups in total. The molecule has 3 aromatic carbocycles. The Morgan fingerprint density at radius 1 is 0.860 bits per heavy atom. The van der Waals surface area contributed by atoms with Gasteiger partial charge in [0.1, 0.15) is 0 Å². The minimum atomic E-state index is -5.06. The largest absolute Gasteiger partial charge is 0.416 e.